The molecule has 22 heavy (non-hydrogen) atoms. The number of nitrogens with two attached hydrogens (primary N) is 1. The van der Waals surface area contributed by atoms with E-state index in [0.29, 0.717) is 17.9 Å². The Hall–Kier alpha value is -1.70. The molecule has 1 aromatic heterocycles. The van der Waals surface area contributed by atoms with E-state index in [4.69, 9.17) is 10.5 Å². The van der Waals surface area contributed by atoms with Crippen molar-refractivity contribution in [3.05, 3.63) is 22.7 Å². The summed E-state index contributed by atoms with van der Waals surface area (Å²) >= 11 is 1.54. The lowest BCUT2D eigenvalue weighted by molar-refractivity contribution is 0.0661. The van der Waals surface area contributed by atoms with Gasteiger partial charge in [0.2, 0.25) is 0 Å². The molecule has 7 heteroatoms. The van der Waals surface area contributed by atoms with Crippen LogP contribution in [-0.4, -0.2) is 61.0 Å². The van der Waals surface area contributed by atoms with Crippen molar-refractivity contribution in [1.82, 2.24) is 14.8 Å². The predicted molar refractivity (Wildman–Crippen MR) is 87.5 cm³/mol. The maximum Gasteiger partial charge on any atom is 0.257 e. The summed E-state index contributed by atoms with van der Waals surface area (Å²) in [4.78, 5) is 21.3. The van der Waals surface area contributed by atoms with E-state index in [1.54, 1.807) is 7.11 Å². The summed E-state index contributed by atoms with van der Waals surface area (Å²) in [6, 6.07) is 3.71. The second-order valence-corrected chi connectivity index (χ2v) is 6.54. The number of hydrogen-bond donors (Lipinski definition) is 1. The molecule has 118 valence electrons. The highest BCUT2D eigenvalue weighted by Gasteiger charge is 2.24. The summed E-state index contributed by atoms with van der Waals surface area (Å²) in [6.07, 6.45) is 0. The number of hydrogen-bond acceptors (Lipinski definition) is 6. The molecule has 0 spiro atoms. The van der Waals surface area contributed by atoms with Crippen molar-refractivity contribution in [3.8, 4) is 5.75 Å². The molecule has 1 fully saturated rings. The molecule has 0 unspecified atom stereocenters. The zero-order chi connectivity index (χ0) is 15.7. The average Bonchev–Trinajstić information content (AvgIpc) is 2.95. The van der Waals surface area contributed by atoms with E-state index in [1.807, 2.05) is 17.0 Å². The van der Waals surface area contributed by atoms with Crippen molar-refractivity contribution < 1.29 is 9.53 Å². The van der Waals surface area contributed by atoms with Gasteiger partial charge in [-0.25, -0.2) is 4.98 Å². The summed E-state index contributed by atoms with van der Waals surface area (Å²) in [5.74, 6) is 0.609. The first-order chi connectivity index (χ1) is 10.6. The monoisotopic (exact) mass is 320 g/mol. The number of carbonyl (C=O) groups excluding carboxylic acids is 1. The van der Waals surface area contributed by atoms with Crippen molar-refractivity contribution in [3.63, 3.8) is 0 Å². The molecular weight excluding hydrogens is 300 g/mol. The molecule has 0 bridgehead atoms. The van der Waals surface area contributed by atoms with Gasteiger partial charge in [-0.15, -0.1) is 11.3 Å². The van der Waals surface area contributed by atoms with Crippen molar-refractivity contribution >= 4 is 27.5 Å². The van der Waals surface area contributed by atoms with Gasteiger partial charge in [0.05, 0.1) is 22.9 Å². The van der Waals surface area contributed by atoms with Crippen molar-refractivity contribution in [1.29, 1.82) is 0 Å². The van der Waals surface area contributed by atoms with E-state index in [2.05, 4.69) is 16.9 Å². The number of ether oxygens (including phenoxy) is 1. The highest BCUT2D eigenvalue weighted by Crippen LogP contribution is 2.30. The molecule has 2 aromatic rings. The first-order valence-electron chi connectivity index (χ1n) is 7.27. The second-order valence-electron chi connectivity index (χ2n) is 5.43. The fourth-order valence-corrected chi connectivity index (χ4v) is 3.46. The van der Waals surface area contributed by atoms with Gasteiger partial charge in [0, 0.05) is 38.8 Å². The number of methoxy groups -OCH3 is 1. The summed E-state index contributed by atoms with van der Waals surface area (Å²) in [6.45, 7) is 3.67. The largest absolute Gasteiger partial charge is 0.496 e. The highest BCUT2D eigenvalue weighted by molar-refractivity contribution is 7.18. The molecule has 0 atom stereocenters. The number of fused-ring (bicyclic) bond motifs is 1. The lowest BCUT2D eigenvalue weighted by atomic mass is 10.1. The van der Waals surface area contributed by atoms with Gasteiger partial charge in [-0.1, -0.05) is 0 Å². The van der Waals surface area contributed by atoms with Crippen LogP contribution in [0.2, 0.25) is 0 Å². The van der Waals surface area contributed by atoms with E-state index in [1.165, 1.54) is 11.3 Å². The first-order valence-corrected chi connectivity index (χ1v) is 8.09. The summed E-state index contributed by atoms with van der Waals surface area (Å²) in [7, 11) is 3.66. The van der Waals surface area contributed by atoms with Crippen molar-refractivity contribution in [2.24, 2.45) is 5.73 Å². The average molecular weight is 320 g/mol. The molecule has 3 rings (SSSR count). The van der Waals surface area contributed by atoms with Crippen molar-refractivity contribution in [2.45, 2.75) is 6.54 Å². The zero-order valence-corrected chi connectivity index (χ0v) is 13.7. The zero-order valence-electron chi connectivity index (χ0n) is 12.8. The van der Waals surface area contributed by atoms with Crippen LogP contribution in [0.25, 0.3) is 10.2 Å². The van der Waals surface area contributed by atoms with Gasteiger partial charge in [-0.3, -0.25) is 4.79 Å². The molecule has 1 amide bonds. The standard InChI is InChI=1S/C15H20N4O2S/c1-18-3-5-19(6-4-18)15(20)10-7-11-13(8-12(10)21-2)22-14(9-16)17-11/h7-8H,3-6,9,16H2,1-2H3. The molecule has 2 N–H and O–H groups in total. The number of piperazine rings is 1. The lowest BCUT2D eigenvalue weighted by Crippen LogP contribution is -2.47. The molecule has 0 radical (unpaired) electrons. The number of nitrogens with zero attached hydrogens (tertiary/aromatic N) is 3. The van der Waals surface area contributed by atoms with Crippen LogP contribution in [0.3, 0.4) is 0 Å². The van der Waals surface area contributed by atoms with Crippen LogP contribution < -0.4 is 10.5 Å². The van der Waals surface area contributed by atoms with E-state index in [-0.39, 0.29) is 5.91 Å². The van der Waals surface area contributed by atoms with Crippen LogP contribution in [0.15, 0.2) is 12.1 Å². The van der Waals surface area contributed by atoms with Gasteiger partial charge in [0.1, 0.15) is 10.8 Å². The molecule has 1 saturated heterocycles. The van der Waals surface area contributed by atoms with Crippen molar-refractivity contribution in [2.75, 3.05) is 40.3 Å². The maximum atomic E-state index is 12.8. The minimum Gasteiger partial charge on any atom is -0.496 e. The lowest BCUT2D eigenvalue weighted by Gasteiger charge is -2.32. The van der Waals surface area contributed by atoms with E-state index < -0.39 is 0 Å². The Bertz CT molecular complexity index is 692. The SMILES string of the molecule is COc1cc2sc(CN)nc2cc1C(=O)N1CCN(C)CC1. The normalized spacial score (nSPS) is 16.2. The molecule has 6 nitrogen and oxygen atoms in total. The topological polar surface area (TPSA) is 71.7 Å². The molecule has 2 heterocycles. The Balaban J connectivity index is 1.95. The first kappa shape index (κ1) is 15.2. The molecule has 0 aliphatic carbocycles. The fourth-order valence-electron chi connectivity index (χ4n) is 2.61. The van der Waals surface area contributed by atoms with Gasteiger partial charge >= 0.3 is 0 Å². The molecule has 0 saturated carbocycles. The number of likely N-dealkylation sites (N-methyl/N-ethyl adjacent to an activating group) is 1. The Morgan fingerprint density at radius 3 is 2.73 bits per heavy atom. The van der Waals surface area contributed by atoms with E-state index in [9.17, 15) is 4.79 Å². The maximum absolute atomic E-state index is 12.8. The van der Waals surface area contributed by atoms with Crippen LogP contribution in [0.4, 0.5) is 0 Å². The molecule has 1 aromatic carbocycles. The predicted octanol–water partition coefficient (Wildman–Crippen LogP) is 1.15. The fraction of sp³-hybridized carbons (Fsp3) is 0.467. The van der Waals surface area contributed by atoms with Gasteiger partial charge in [-0.05, 0) is 13.1 Å². The molecule has 1 aliphatic heterocycles. The minimum absolute atomic E-state index is 0.00847. The van der Waals surface area contributed by atoms with E-state index >= 15 is 0 Å². The Morgan fingerprint density at radius 1 is 1.36 bits per heavy atom. The number of amides is 1. The van der Waals surface area contributed by atoms with Gasteiger partial charge < -0.3 is 20.3 Å². The number of aromatic nitrogens is 1. The third-order valence-electron chi connectivity index (χ3n) is 3.95. The van der Waals surface area contributed by atoms with Gasteiger partial charge in [0.25, 0.3) is 5.91 Å². The summed E-state index contributed by atoms with van der Waals surface area (Å²) in [5.41, 5.74) is 7.04. The smallest absolute Gasteiger partial charge is 0.257 e. The van der Waals surface area contributed by atoms with Crippen LogP contribution in [0, 0.1) is 0 Å². The number of benzene rings is 1. The van der Waals surface area contributed by atoms with Crippen LogP contribution in [-0.2, 0) is 6.54 Å². The minimum atomic E-state index is 0.00847. The Morgan fingerprint density at radius 2 is 2.09 bits per heavy atom. The molecule has 1 aliphatic rings. The third-order valence-corrected chi connectivity index (χ3v) is 4.99. The van der Waals surface area contributed by atoms with Crippen LogP contribution in [0.5, 0.6) is 5.75 Å². The Labute approximate surface area is 133 Å². The van der Waals surface area contributed by atoms with Gasteiger partial charge in [-0.2, -0.15) is 0 Å². The third kappa shape index (κ3) is 2.79. The van der Waals surface area contributed by atoms with Crippen LogP contribution in [0.1, 0.15) is 15.4 Å². The van der Waals surface area contributed by atoms with E-state index in [0.717, 1.165) is 41.4 Å². The quantitative estimate of drug-likeness (QED) is 0.918. The Kier molecular flexibility index (Phi) is 4.28. The second kappa shape index (κ2) is 6.20. The molecular formula is C15H20N4O2S. The number of carbonyl (C=O) groups is 1. The number of thiazole rings is 1. The summed E-state index contributed by atoms with van der Waals surface area (Å²) in [5, 5.41) is 0.862. The van der Waals surface area contributed by atoms with Crippen LogP contribution >= 0.6 is 11.3 Å². The number of rotatable bonds is 3. The highest BCUT2D eigenvalue weighted by atomic mass is 32.1. The summed E-state index contributed by atoms with van der Waals surface area (Å²) < 4.78 is 6.41. The van der Waals surface area contributed by atoms with Gasteiger partial charge in [0.15, 0.2) is 0 Å².